The third-order valence-corrected chi connectivity index (χ3v) is 27.6. The Morgan fingerprint density at radius 3 is 0.257 bits per heavy atom. The molecule has 8 aromatic carbocycles. The number of hydrogen-bond acceptors (Lipinski definition) is 16. The van der Waals surface area contributed by atoms with E-state index in [2.05, 4.69) is 0 Å². The minimum absolute atomic E-state index is 0.0543. The summed E-state index contributed by atoms with van der Waals surface area (Å²) in [4.78, 5) is 224. The van der Waals surface area contributed by atoms with Crippen molar-refractivity contribution in [2.75, 3.05) is 0 Å². The number of aliphatic carboxylic acids is 16. The van der Waals surface area contributed by atoms with Gasteiger partial charge in [-0.25, -0.2) is 0 Å². The highest BCUT2D eigenvalue weighted by molar-refractivity contribution is 5.83. The molecular weight excluding hydrogens is 1760 g/mol. The summed E-state index contributed by atoms with van der Waals surface area (Å²) in [6.07, 6.45) is -17.3. The van der Waals surface area contributed by atoms with E-state index in [1.807, 2.05) is 0 Å². The molecule has 0 aliphatic heterocycles. The highest BCUT2D eigenvalue weighted by atomic mass is 16.4. The van der Waals surface area contributed by atoms with Gasteiger partial charge >= 0.3 is 95.5 Å². The van der Waals surface area contributed by atoms with E-state index in [1.165, 1.54) is 48.5 Å². The Balaban J connectivity index is 1.38. The van der Waals surface area contributed by atoms with Crippen molar-refractivity contribution in [3.63, 3.8) is 0 Å². The van der Waals surface area contributed by atoms with E-state index in [1.54, 1.807) is 48.5 Å². The van der Waals surface area contributed by atoms with Crippen LogP contribution in [0.4, 0.5) is 0 Å². The molecule has 6 aliphatic carbocycles. The Morgan fingerprint density at radius 2 is 0.199 bits per heavy atom. The molecule has 0 saturated carbocycles. The van der Waals surface area contributed by atoms with Gasteiger partial charge in [-0.1, -0.05) is 148 Å². The van der Waals surface area contributed by atoms with Gasteiger partial charge in [0.1, 0.15) is 0 Å². The molecule has 0 aromatic heterocycles. The molecule has 32 nitrogen and oxygen atoms in total. The summed E-state index contributed by atoms with van der Waals surface area (Å²) in [7, 11) is 0. The summed E-state index contributed by atoms with van der Waals surface area (Å²) in [5.41, 5.74) is 0.728. The molecule has 6 aliphatic rings. The molecule has 0 atom stereocenters. The second-order valence-electron chi connectivity index (χ2n) is 36.7. The first-order chi connectivity index (χ1) is 64.5. The van der Waals surface area contributed by atoms with Gasteiger partial charge in [-0.2, -0.15) is 0 Å². The summed E-state index contributed by atoms with van der Waals surface area (Å²) in [6.45, 7) is 0. The summed E-state index contributed by atoms with van der Waals surface area (Å²) in [6, 6.07) is 23.7. The molecule has 0 amide bonds. The monoisotopic (exact) mass is 1860 g/mol. The molecule has 0 unspecified atom stereocenters. The first kappa shape index (κ1) is 98.8. The van der Waals surface area contributed by atoms with E-state index in [0.29, 0.717) is 0 Å². The van der Waals surface area contributed by atoms with Gasteiger partial charge in [0, 0.05) is 47.3 Å². The van der Waals surface area contributed by atoms with E-state index in [-0.39, 0.29) is 281 Å². The van der Waals surface area contributed by atoms with Crippen molar-refractivity contribution in [1.82, 2.24) is 0 Å². The highest BCUT2D eigenvalue weighted by Crippen LogP contribution is 2.53. The van der Waals surface area contributed by atoms with Crippen molar-refractivity contribution in [1.29, 1.82) is 0 Å². The van der Waals surface area contributed by atoms with Crippen LogP contribution in [-0.2, 0) is 179 Å². The Labute approximate surface area is 778 Å². The van der Waals surface area contributed by atoms with Crippen molar-refractivity contribution in [3.05, 3.63) is 275 Å². The molecule has 0 spiro atoms. The minimum Gasteiger partial charge on any atom is -0.481 e. The molecule has 8 aromatic rings. The first-order valence-electron chi connectivity index (χ1n) is 45.3. The van der Waals surface area contributed by atoms with Crippen LogP contribution in [0.25, 0.3) is 0 Å². The predicted octanol–water partition coefficient (Wildman–Crippen LogP) is 13.4. The third-order valence-electron chi connectivity index (χ3n) is 27.6. The molecule has 0 fully saturated rings. The van der Waals surface area contributed by atoms with Gasteiger partial charge in [-0.15, -0.1) is 0 Å². The van der Waals surface area contributed by atoms with Crippen molar-refractivity contribution in [2.24, 2.45) is 0 Å². The van der Waals surface area contributed by atoms with Gasteiger partial charge in [-0.05, 0) is 229 Å². The second-order valence-corrected chi connectivity index (χ2v) is 36.7. The van der Waals surface area contributed by atoms with Crippen LogP contribution in [0.15, 0.2) is 97.1 Å². The average Bonchev–Trinajstić information content (AvgIpc) is 0.742. The maximum absolute atomic E-state index is 14.0. The fraction of sp³-hybridized carbons (Fsp3) is 0.385. The van der Waals surface area contributed by atoms with Gasteiger partial charge in [0.25, 0.3) is 0 Å². The van der Waals surface area contributed by atoms with E-state index < -0.39 is 246 Å². The smallest absolute Gasteiger partial charge is 0.307 e. The maximum Gasteiger partial charge on any atom is 0.307 e. The number of fused-ring (bicyclic) bond motifs is 12. The van der Waals surface area contributed by atoms with E-state index in [4.69, 9.17) is 0 Å². The largest absolute Gasteiger partial charge is 0.481 e. The molecule has 136 heavy (non-hydrogen) atoms. The number of carboxylic acids is 16. The molecule has 32 heteroatoms. The quantitative estimate of drug-likeness (QED) is 0.0186. The lowest BCUT2D eigenvalue weighted by atomic mass is 9.69. The number of benzene rings is 8. The zero-order chi connectivity index (χ0) is 98.3. The predicted molar refractivity (Wildman–Crippen MR) is 482 cm³/mol. The van der Waals surface area contributed by atoms with Crippen LogP contribution >= 0.6 is 0 Å². The van der Waals surface area contributed by atoms with Crippen LogP contribution in [0.5, 0.6) is 0 Å². The van der Waals surface area contributed by atoms with Gasteiger partial charge < -0.3 is 81.7 Å². The van der Waals surface area contributed by atoms with Crippen LogP contribution in [0.2, 0.25) is 0 Å². The Morgan fingerprint density at radius 1 is 0.132 bits per heavy atom. The molecular formula is C104H104O32. The fourth-order valence-corrected chi connectivity index (χ4v) is 22.7. The van der Waals surface area contributed by atoms with Crippen molar-refractivity contribution in [3.8, 4) is 0 Å². The average molecular weight is 1870 g/mol. The standard InChI is InChI=1S/C104H104O32/c105-89(106)25-49-17-53(29-93(113)114)77-41-73(49)65-9-1-2-10-66-75-43-79(55(31-95(117)118)19-51(75)27-91(109)110)69-13-5-3-11-67(77)81-45-85(61(37-101(129)130)21-57(81)33-97(121)122)71-15-7-8-16-72(87-47-83(69)59(35-99(125)126)23-63(87)39-103(133)134)88-48-84(60(36-100(127)128)24-64(88)40-104(135)136)70(80-44-76(66)52(28-92(111)112)20-56(80)32-96(119)120)14-6-4-12-68(78-42-74(65)50(26-90(107)108)18-54(78)30-94(115)116)82-46-86(71)62(38-102(131)132)22-58(82)34-98(123)124/h17-24,41-48,65-72H,1-16,25-40H2,(H,105,106)(H,107,108)(H,109,110)(H,111,112)(H,113,114)(H,115,116)(H,117,118)(H,119,120)(H,121,122)(H,123,124)(H,125,126)(H,127,128)(H,129,130)(H,131,132)(H,133,134)(H,135,136). The summed E-state index contributed by atoms with van der Waals surface area (Å²) in [5, 5.41) is 182. The normalized spacial score (nSPS) is 18.4. The highest BCUT2D eigenvalue weighted by Gasteiger charge is 2.41. The molecule has 14 rings (SSSR count). The molecule has 24 bridgehead atoms. The number of hydrogen-bond donors (Lipinski definition) is 16. The SMILES string of the molecule is O=C(O)Cc1cc(CC(=O)O)c2cc1C1CCCCC3c4cc(c(CC(=O)O)cc4CC(=O)O)C4CCCCC2c2cc(c(CC(=O)O)cc2CC(=O)O)C2CCCCC(c5cc4c(CC(=O)O)cc5CC(=O)O)c4cc(c(CC(=O)O)cc4CC(=O)O)C(CCCCC(c4cc1c(CC(=O)O)cc4CC(=O)O)c1cc2c(CC(=O)O)cc1CC(=O)O)c1cc3c(CC(=O)O)cc1CC(=O)O. The summed E-state index contributed by atoms with van der Waals surface area (Å²) >= 11 is 0. The zero-order valence-corrected chi connectivity index (χ0v) is 74.2. The Kier molecular flexibility index (Phi) is 30.7. The third kappa shape index (κ3) is 23.0. The Hall–Kier alpha value is -14.7. The lowest BCUT2D eigenvalue weighted by Gasteiger charge is -2.35. The van der Waals surface area contributed by atoms with Gasteiger partial charge in [-0.3, -0.25) is 76.7 Å². The van der Waals surface area contributed by atoms with Crippen LogP contribution in [0, 0.1) is 0 Å². The zero-order valence-electron chi connectivity index (χ0n) is 74.2. The van der Waals surface area contributed by atoms with Gasteiger partial charge in [0.2, 0.25) is 0 Å². The maximum atomic E-state index is 14.0. The fourth-order valence-electron chi connectivity index (χ4n) is 22.7. The molecule has 0 heterocycles. The number of carboxylic acid groups (broad SMARTS) is 16. The van der Waals surface area contributed by atoms with Crippen LogP contribution in [-0.4, -0.2) is 177 Å². The first-order valence-corrected chi connectivity index (χ1v) is 45.3. The molecule has 712 valence electrons. The molecule has 0 radical (unpaired) electrons. The summed E-state index contributed by atoms with van der Waals surface area (Å²) in [5.74, 6) is -34.4. The van der Waals surface area contributed by atoms with Gasteiger partial charge in [0.05, 0.1) is 103 Å². The van der Waals surface area contributed by atoms with E-state index >= 15 is 0 Å². The lowest BCUT2D eigenvalue weighted by molar-refractivity contribution is -0.137. The van der Waals surface area contributed by atoms with Crippen molar-refractivity contribution >= 4 is 95.5 Å². The van der Waals surface area contributed by atoms with Crippen molar-refractivity contribution in [2.45, 2.75) is 253 Å². The van der Waals surface area contributed by atoms with E-state index in [9.17, 15) is 158 Å². The summed E-state index contributed by atoms with van der Waals surface area (Å²) < 4.78 is 0. The van der Waals surface area contributed by atoms with Gasteiger partial charge in [0.15, 0.2) is 0 Å². The number of rotatable bonds is 32. The molecule has 0 saturated heterocycles. The topological polar surface area (TPSA) is 597 Å². The second kappa shape index (κ2) is 42.2. The van der Waals surface area contributed by atoms with Crippen molar-refractivity contribution < 1.29 is 158 Å². The minimum atomic E-state index is -1.48. The molecule has 16 N–H and O–H groups in total. The lowest BCUT2D eigenvalue weighted by Crippen LogP contribution is -2.22. The Bertz CT molecular complexity index is 4840. The number of carbonyl (C=O) groups is 16. The van der Waals surface area contributed by atoms with Crippen LogP contribution in [0.1, 0.15) is 328 Å². The van der Waals surface area contributed by atoms with Crippen LogP contribution in [0.3, 0.4) is 0 Å². The van der Waals surface area contributed by atoms with E-state index in [0.717, 1.165) is 0 Å². The van der Waals surface area contributed by atoms with Crippen LogP contribution < -0.4 is 0 Å².